The average Bonchev–Trinajstić information content (AvgIpc) is 3.03. The standard InChI is InChI=1S/C18H23NO7S/c1-19(14-8-9-27(22,23)12-14)17(20)11-26-15-6-4-13(10-16(15)24-2)5-7-18(21)25-3/h4-7,10,14H,8-9,11-12H2,1-3H3/b7-5+/t14-/m0/s1. The molecule has 0 radical (unpaired) electrons. The lowest BCUT2D eigenvalue weighted by Crippen LogP contribution is -2.40. The molecular weight excluding hydrogens is 374 g/mol. The van der Waals surface area contributed by atoms with Crippen molar-refractivity contribution in [3.05, 3.63) is 29.8 Å². The Kier molecular flexibility index (Phi) is 6.84. The van der Waals surface area contributed by atoms with Gasteiger partial charge in [-0.05, 0) is 30.2 Å². The number of hydrogen-bond donors (Lipinski definition) is 0. The van der Waals surface area contributed by atoms with Crippen LogP contribution in [0.4, 0.5) is 0 Å². The highest BCUT2D eigenvalue weighted by atomic mass is 32.2. The summed E-state index contributed by atoms with van der Waals surface area (Å²) in [5.74, 6) is 0.0738. The van der Waals surface area contributed by atoms with Crippen LogP contribution in [0, 0.1) is 0 Å². The lowest BCUT2D eigenvalue weighted by molar-refractivity contribution is -0.135. The van der Waals surface area contributed by atoms with Crippen LogP contribution in [0.3, 0.4) is 0 Å². The molecule has 0 saturated carbocycles. The first kappa shape index (κ1) is 20.8. The first-order valence-corrected chi connectivity index (χ1v) is 10.1. The summed E-state index contributed by atoms with van der Waals surface area (Å²) in [6, 6.07) is 4.67. The predicted molar refractivity (Wildman–Crippen MR) is 99.4 cm³/mol. The van der Waals surface area contributed by atoms with E-state index in [2.05, 4.69) is 4.74 Å². The van der Waals surface area contributed by atoms with Gasteiger partial charge in [0, 0.05) is 19.2 Å². The Morgan fingerprint density at radius 3 is 2.59 bits per heavy atom. The molecule has 148 valence electrons. The van der Waals surface area contributed by atoms with Crippen LogP contribution in [0.25, 0.3) is 6.08 Å². The second-order valence-electron chi connectivity index (χ2n) is 6.12. The second-order valence-corrected chi connectivity index (χ2v) is 8.35. The van der Waals surface area contributed by atoms with Gasteiger partial charge in [0.1, 0.15) is 0 Å². The number of esters is 1. The third-order valence-corrected chi connectivity index (χ3v) is 6.05. The summed E-state index contributed by atoms with van der Waals surface area (Å²) in [4.78, 5) is 24.9. The molecule has 1 saturated heterocycles. The Morgan fingerprint density at radius 1 is 1.26 bits per heavy atom. The number of benzene rings is 1. The molecule has 1 aliphatic heterocycles. The van der Waals surface area contributed by atoms with Gasteiger partial charge in [-0.15, -0.1) is 0 Å². The topological polar surface area (TPSA) is 99.2 Å². The highest BCUT2D eigenvalue weighted by Crippen LogP contribution is 2.28. The van der Waals surface area contributed by atoms with E-state index in [4.69, 9.17) is 9.47 Å². The molecule has 1 aliphatic rings. The first-order chi connectivity index (χ1) is 12.8. The monoisotopic (exact) mass is 397 g/mol. The van der Waals surface area contributed by atoms with E-state index in [0.717, 1.165) is 0 Å². The lowest BCUT2D eigenvalue weighted by Gasteiger charge is -2.23. The molecule has 1 aromatic carbocycles. The van der Waals surface area contributed by atoms with Crippen LogP contribution in [-0.2, 0) is 24.2 Å². The Labute approximate surface area is 158 Å². The minimum absolute atomic E-state index is 0.0141. The van der Waals surface area contributed by atoms with Crippen LogP contribution < -0.4 is 9.47 Å². The Hall–Kier alpha value is -2.55. The van der Waals surface area contributed by atoms with Crippen LogP contribution >= 0.6 is 0 Å². The number of methoxy groups -OCH3 is 2. The van der Waals surface area contributed by atoms with Crippen molar-refractivity contribution in [2.24, 2.45) is 0 Å². The van der Waals surface area contributed by atoms with E-state index in [1.807, 2.05) is 0 Å². The van der Waals surface area contributed by atoms with E-state index >= 15 is 0 Å². The third-order valence-electron chi connectivity index (χ3n) is 4.30. The zero-order chi connectivity index (χ0) is 20.0. The summed E-state index contributed by atoms with van der Waals surface area (Å²) >= 11 is 0. The fourth-order valence-corrected chi connectivity index (χ4v) is 4.44. The van der Waals surface area contributed by atoms with Gasteiger partial charge in [-0.2, -0.15) is 0 Å². The molecule has 0 unspecified atom stereocenters. The van der Waals surface area contributed by atoms with Crippen molar-refractivity contribution in [2.75, 3.05) is 39.4 Å². The summed E-state index contributed by atoms with van der Waals surface area (Å²) in [5, 5.41) is 0. The van der Waals surface area contributed by atoms with Gasteiger partial charge in [0.2, 0.25) is 0 Å². The minimum atomic E-state index is -3.06. The highest BCUT2D eigenvalue weighted by molar-refractivity contribution is 7.91. The molecule has 8 nitrogen and oxygen atoms in total. The maximum absolute atomic E-state index is 12.3. The van der Waals surface area contributed by atoms with Crippen molar-refractivity contribution in [3.8, 4) is 11.5 Å². The van der Waals surface area contributed by atoms with Crippen LogP contribution in [-0.4, -0.2) is 70.6 Å². The molecule has 0 aromatic heterocycles. The van der Waals surface area contributed by atoms with E-state index < -0.39 is 15.8 Å². The van der Waals surface area contributed by atoms with Crippen LogP contribution in [0.1, 0.15) is 12.0 Å². The Balaban J connectivity index is 1.99. The van der Waals surface area contributed by atoms with E-state index in [-0.39, 0.29) is 30.1 Å². The lowest BCUT2D eigenvalue weighted by atomic mass is 10.2. The number of sulfone groups is 1. The molecule has 1 heterocycles. The summed E-state index contributed by atoms with van der Waals surface area (Å²) in [6.45, 7) is -0.235. The van der Waals surface area contributed by atoms with E-state index in [0.29, 0.717) is 23.5 Å². The molecule has 1 fully saturated rings. The number of hydrogen-bond acceptors (Lipinski definition) is 7. The summed E-state index contributed by atoms with van der Waals surface area (Å²) < 4.78 is 38.5. The number of ether oxygens (including phenoxy) is 3. The van der Waals surface area contributed by atoms with Gasteiger partial charge in [-0.1, -0.05) is 6.07 Å². The molecule has 27 heavy (non-hydrogen) atoms. The largest absolute Gasteiger partial charge is 0.493 e. The van der Waals surface area contributed by atoms with Gasteiger partial charge in [-0.3, -0.25) is 4.79 Å². The van der Waals surface area contributed by atoms with Crippen LogP contribution in [0.5, 0.6) is 11.5 Å². The fraction of sp³-hybridized carbons (Fsp3) is 0.444. The predicted octanol–water partition coefficient (Wildman–Crippen LogP) is 0.906. The first-order valence-electron chi connectivity index (χ1n) is 8.28. The molecule has 0 aliphatic carbocycles. The quantitative estimate of drug-likeness (QED) is 0.498. The van der Waals surface area contributed by atoms with Crippen molar-refractivity contribution in [1.29, 1.82) is 0 Å². The number of likely N-dealkylation sites (N-methyl/N-ethyl adjacent to an activating group) is 1. The summed E-state index contributed by atoms with van der Waals surface area (Å²) in [5.41, 5.74) is 0.698. The SMILES string of the molecule is COC(=O)/C=C/c1ccc(OCC(=O)N(C)[C@H]2CCS(=O)(=O)C2)c(OC)c1. The van der Waals surface area contributed by atoms with E-state index in [1.54, 1.807) is 31.3 Å². The molecule has 0 N–H and O–H groups in total. The van der Waals surface area contributed by atoms with Crippen molar-refractivity contribution in [3.63, 3.8) is 0 Å². The number of rotatable bonds is 7. The van der Waals surface area contributed by atoms with Crippen LogP contribution in [0.15, 0.2) is 24.3 Å². The molecule has 1 amide bonds. The average molecular weight is 397 g/mol. The maximum atomic E-state index is 12.3. The number of carbonyl (C=O) groups is 2. The smallest absolute Gasteiger partial charge is 0.330 e. The number of carbonyl (C=O) groups excluding carboxylic acids is 2. The third kappa shape index (κ3) is 5.72. The zero-order valence-electron chi connectivity index (χ0n) is 15.5. The van der Waals surface area contributed by atoms with Gasteiger partial charge >= 0.3 is 5.97 Å². The summed E-state index contributed by atoms with van der Waals surface area (Å²) in [7, 11) is 1.27. The molecule has 0 bridgehead atoms. The zero-order valence-corrected chi connectivity index (χ0v) is 16.3. The molecule has 9 heteroatoms. The van der Waals surface area contributed by atoms with Crippen LogP contribution in [0.2, 0.25) is 0 Å². The van der Waals surface area contributed by atoms with Gasteiger partial charge in [0.25, 0.3) is 5.91 Å². The van der Waals surface area contributed by atoms with Gasteiger partial charge in [0.05, 0.1) is 25.7 Å². The highest BCUT2D eigenvalue weighted by Gasteiger charge is 2.32. The molecule has 1 aromatic rings. The van der Waals surface area contributed by atoms with Crippen molar-refractivity contribution >= 4 is 27.8 Å². The molecule has 2 rings (SSSR count). The van der Waals surface area contributed by atoms with E-state index in [1.165, 1.54) is 25.2 Å². The normalized spacial score (nSPS) is 18.3. The van der Waals surface area contributed by atoms with E-state index in [9.17, 15) is 18.0 Å². The second kappa shape index (κ2) is 8.90. The van der Waals surface area contributed by atoms with Crippen molar-refractivity contribution in [1.82, 2.24) is 4.90 Å². The number of amides is 1. The summed E-state index contributed by atoms with van der Waals surface area (Å²) in [6.07, 6.45) is 3.29. The van der Waals surface area contributed by atoms with Gasteiger partial charge in [-0.25, -0.2) is 13.2 Å². The number of nitrogens with zero attached hydrogens (tertiary/aromatic N) is 1. The molecular formula is C18H23NO7S. The fourth-order valence-electron chi connectivity index (χ4n) is 2.67. The minimum Gasteiger partial charge on any atom is -0.493 e. The maximum Gasteiger partial charge on any atom is 0.330 e. The van der Waals surface area contributed by atoms with Crippen molar-refractivity contribution in [2.45, 2.75) is 12.5 Å². The van der Waals surface area contributed by atoms with Gasteiger partial charge in [0.15, 0.2) is 27.9 Å². The van der Waals surface area contributed by atoms with Gasteiger partial charge < -0.3 is 19.1 Å². The molecule has 1 atom stereocenters. The Morgan fingerprint density at radius 2 is 2.00 bits per heavy atom. The van der Waals surface area contributed by atoms with Crippen molar-refractivity contribution < 1.29 is 32.2 Å². The molecule has 0 spiro atoms. The Bertz CT molecular complexity index is 832.